The van der Waals surface area contributed by atoms with Gasteiger partial charge in [0.2, 0.25) is 0 Å². The third-order valence-corrected chi connectivity index (χ3v) is 3.33. The van der Waals surface area contributed by atoms with Crippen LogP contribution in [0.1, 0.15) is 31.9 Å². The summed E-state index contributed by atoms with van der Waals surface area (Å²) in [7, 11) is 0. The number of hydrogen-bond donors (Lipinski definition) is 0. The molecule has 0 aromatic heterocycles. The van der Waals surface area contributed by atoms with Gasteiger partial charge in [-0.25, -0.2) is 0 Å². The van der Waals surface area contributed by atoms with Gasteiger partial charge in [-0.05, 0) is 44.0 Å². The van der Waals surface area contributed by atoms with Crippen molar-refractivity contribution in [2.75, 3.05) is 6.61 Å². The van der Waals surface area contributed by atoms with Gasteiger partial charge in [-0.3, -0.25) is 4.79 Å². The van der Waals surface area contributed by atoms with E-state index in [0.29, 0.717) is 28.5 Å². The van der Waals surface area contributed by atoms with Gasteiger partial charge < -0.3 is 4.74 Å². The summed E-state index contributed by atoms with van der Waals surface area (Å²) in [5.41, 5.74) is 3.58. The molecule has 1 aromatic carbocycles. The first kappa shape index (κ1) is 18.0. The fourth-order valence-electron chi connectivity index (χ4n) is 2.14. The van der Waals surface area contributed by atoms with Crippen LogP contribution in [0.25, 0.3) is 11.1 Å². The first-order chi connectivity index (χ1) is 10.5. The lowest BCUT2D eigenvalue weighted by atomic mass is 9.92. The van der Waals surface area contributed by atoms with E-state index in [-0.39, 0.29) is 0 Å². The van der Waals surface area contributed by atoms with Gasteiger partial charge in [0.1, 0.15) is 5.76 Å². The van der Waals surface area contributed by atoms with Crippen LogP contribution in [-0.2, 0) is 9.53 Å². The molecule has 0 atom stereocenters. The van der Waals surface area contributed by atoms with E-state index in [1.807, 2.05) is 39.0 Å². The first-order valence-electron chi connectivity index (χ1n) is 7.06. The Balaban J connectivity index is 3.67. The van der Waals surface area contributed by atoms with Crippen molar-refractivity contribution in [1.29, 1.82) is 0 Å². The molecule has 0 bridgehead atoms. The first-order valence-corrected chi connectivity index (χ1v) is 7.44. The van der Waals surface area contributed by atoms with Crippen molar-refractivity contribution in [3.63, 3.8) is 0 Å². The Bertz CT molecular complexity index is 651. The van der Waals surface area contributed by atoms with Gasteiger partial charge >= 0.3 is 0 Å². The van der Waals surface area contributed by atoms with E-state index in [2.05, 4.69) is 13.2 Å². The summed E-state index contributed by atoms with van der Waals surface area (Å²) in [6.07, 6.45) is 4.45. The van der Waals surface area contributed by atoms with Crippen molar-refractivity contribution in [2.24, 2.45) is 0 Å². The smallest absolute Gasteiger partial charge is 0.151 e. The summed E-state index contributed by atoms with van der Waals surface area (Å²) >= 11 is 6.11. The highest BCUT2D eigenvalue weighted by Gasteiger charge is 2.15. The van der Waals surface area contributed by atoms with Crippen LogP contribution >= 0.6 is 11.6 Å². The van der Waals surface area contributed by atoms with Gasteiger partial charge in [-0.1, -0.05) is 48.6 Å². The maximum atomic E-state index is 11.8. The topological polar surface area (TPSA) is 26.3 Å². The molecule has 0 N–H and O–H groups in total. The maximum Gasteiger partial charge on any atom is 0.151 e. The number of rotatable bonds is 7. The number of hydrogen-bond acceptors (Lipinski definition) is 2. The van der Waals surface area contributed by atoms with Crippen LogP contribution in [0.15, 0.2) is 54.8 Å². The van der Waals surface area contributed by atoms with Gasteiger partial charge in [0, 0.05) is 16.2 Å². The fraction of sp³-hybridized carbons (Fsp3) is 0.211. The molecule has 3 heteroatoms. The van der Waals surface area contributed by atoms with Crippen LogP contribution in [0.5, 0.6) is 0 Å². The Hall–Kier alpha value is -2.06. The van der Waals surface area contributed by atoms with Crippen LogP contribution in [0.4, 0.5) is 0 Å². The molecule has 0 fully saturated rings. The van der Waals surface area contributed by atoms with Gasteiger partial charge in [-0.15, -0.1) is 0 Å². The Kier molecular flexibility index (Phi) is 6.87. The van der Waals surface area contributed by atoms with E-state index >= 15 is 0 Å². The van der Waals surface area contributed by atoms with E-state index in [4.69, 9.17) is 16.3 Å². The van der Waals surface area contributed by atoms with Crippen LogP contribution in [0, 0.1) is 0 Å². The quantitative estimate of drug-likeness (QED) is 0.289. The largest absolute Gasteiger partial charge is 0.494 e. The minimum atomic E-state index is 0.454. The molecule has 0 radical (unpaired) electrons. The van der Waals surface area contributed by atoms with E-state index in [1.165, 1.54) is 0 Å². The number of aldehydes is 1. The van der Waals surface area contributed by atoms with Crippen molar-refractivity contribution in [3.05, 3.63) is 71.0 Å². The van der Waals surface area contributed by atoms with E-state index < -0.39 is 0 Å². The van der Waals surface area contributed by atoms with Crippen molar-refractivity contribution in [1.82, 2.24) is 0 Å². The lowest BCUT2D eigenvalue weighted by Crippen LogP contribution is -2.01. The van der Waals surface area contributed by atoms with Crippen LogP contribution in [0.2, 0.25) is 5.02 Å². The standard InChI is InChI=1S/C19H21ClO2/c1-6-8-17(14(5)22-7-2)19(12-21)18-11-15(20)9-10-16(18)13(3)4/h6,8-12H,3,5,7H2,1-2,4H3/b8-6+,19-17-. The molecule has 116 valence electrons. The molecule has 0 saturated heterocycles. The number of carbonyl (C=O) groups excluding carboxylic acids is 1. The molecule has 22 heavy (non-hydrogen) atoms. The summed E-state index contributed by atoms with van der Waals surface area (Å²) in [5, 5.41) is 0.557. The highest BCUT2D eigenvalue weighted by atomic mass is 35.5. The molecule has 0 saturated carbocycles. The van der Waals surface area contributed by atoms with Crippen LogP contribution < -0.4 is 0 Å². The minimum Gasteiger partial charge on any atom is -0.494 e. The van der Waals surface area contributed by atoms with Crippen molar-refractivity contribution < 1.29 is 9.53 Å². The molecule has 0 unspecified atom stereocenters. The molecule has 0 aliphatic rings. The Morgan fingerprint density at radius 2 is 2.00 bits per heavy atom. The maximum absolute atomic E-state index is 11.8. The lowest BCUT2D eigenvalue weighted by molar-refractivity contribution is -0.103. The van der Waals surface area contributed by atoms with Crippen molar-refractivity contribution in [3.8, 4) is 0 Å². The van der Waals surface area contributed by atoms with Crippen LogP contribution in [0.3, 0.4) is 0 Å². The normalized spacial score (nSPS) is 12.0. The summed E-state index contributed by atoms with van der Waals surface area (Å²) in [6.45, 7) is 14.0. The number of carbonyl (C=O) groups is 1. The number of benzene rings is 1. The summed E-state index contributed by atoms with van der Waals surface area (Å²) in [5.74, 6) is 0.454. The number of halogens is 1. The summed E-state index contributed by atoms with van der Waals surface area (Å²) < 4.78 is 5.47. The fourth-order valence-corrected chi connectivity index (χ4v) is 2.31. The minimum absolute atomic E-state index is 0.454. The molecule has 1 aromatic rings. The average molecular weight is 317 g/mol. The molecular formula is C19H21ClO2. The van der Waals surface area contributed by atoms with Gasteiger partial charge in [-0.2, -0.15) is 0 Å². The number of ether oxygens (including phenoxy) is 1. The molecule has 0 amide bonds. The molecule has 0 heterocycles. The van der Waals surface area contributed by atoms with Crippen LogP contribution in [-0.4, -0.2) is 12.9 Å². The second kappa shape index (κ2) is 8.40. The average Bonchev–Trinajstić information content (AvgIpc) is 2.47. The zero-order valence-electron chi connectivity index (χ0n) is 13.3. The molecule has 0 spiro atoms. The third kappa shape index (κ3) is 4.22. The second-order valence-corrected chi connectivity index (χ2v) is 5.21. The zero-order valence-corrected chi connectivity index (χ0v) is 14.0. The molecule has 2 nitrogen and oxygen atoms in total. The van der Waals surface area contributed by atoms with Gasteiger partial charge in [0.15, 0.2) is 6.29 Å². The lowest BCUT2D eigenvalue weighted by Gasteiger charge is -2.15. The van der Waals surface area contributed by atoms with Gasteiger partial charge in [0.05, 0.1) is 6.61 Å². The third-order valence-electron chi connectivity index (χ3n) is 3.09. The summed E-state index contributed by atoms with van der Waals surface area (Å²) in [6, 6.07) is 5.41. The Morgan fingerprint density at radius 1 is 1.32 bits per heavy atom. The van der Waals surface area contributed by atoms with Crippen molar-refractivity contribution >= 4 is 29.0 Å². The van der Waals surface area contributed by atoms with Gasteiger partial charge in [0.25, 0.3) is 0 Å². The monoisotopic (exact) mass is 316 g/mol. The Labute approximate surface area is 137 Å². The van der Waals surface area contributed by atoms with E-state index in [0.717, 1.165) is 23.0 Å². The second-order valence-electron chi connectivity index (χ2n) is 4.77. The molecule has 0 aliphatic heterocycles. The SMILES string of the molecule is C=C(OCC)C(/C=C/C)=C(/C=O)c1cc(Cl)ccc1C(=C)C. The zero-order chi connectivity index (χ0) is 16.7. The highest BCUT2D eigenvalue weighted by molar-refractivity contribution is 6.31. The van der Waals surface area contributed by atoms with Crippen molar-refractivity contribution in [2.45, 2.75) is 20.8 Å². The molecule has 0 aliphatic carbocycles. The Morgan fingerprint density at radius 3 is 2.50 bits per heavy atom. The predicted molar refractivity (Wildman–Crippen MR) is 94.7 cm³/mol. The molecule has 1 rings (SSSR count). The molecular weight excluding hydrogens is 296 g/mol. The number of allylic oxidation sites excluding steroid dienone is 4. The van der Waals surface area contributed by atoms with E-state index in [1.54, 1.807) is 12.1 Å². The summed E-state index contributed by atoms with van der Waals surface area (Å²) in [4.78, 5) is 11.8. The van der Waals surface area contributed by atoms with E-state index in [9.17, 15) is 4.79 Å². The highest BCUT2D eigenvalue weighted by Crippen LogP contribution is 2.31. The predicted octanol–water partition coefficient (Wildman–Crippen LogP) is 5.45.